The molecule has 0 aromatic heterocycles. The summed E-state index contributed by atoms with van der Waals surface area (Å²) in [4.78, 5) is 0. The highest BCUT2D eigenvalue weighted by atomic mass is 35.6. The van der Waals surface area contributed by atoms with Crippen LogP contribution in [0.4, 0.5) is 0 Å². The maximum absolute atomic E-state index is 5.47. The first-order valence-corrected chi connectivity index (χ1v) is 3.91. The Morgan fingerprint density at radius 1 is 1.33 bits per heavy atom. The van der Waals surface area contributed by atoms with E-state index in [2.05, 4.69) is 5.32 Å². The summed E-state index contributed by atoms with van der Waals surface area (Å²) >= 11 is 16.4. The van der Waals surface area contributed by atoms with Gasteiger partial charge >= 0.3 is 0 Å². The van der Waals surface area contributed by atoms with Crippen LogP contribution in [0.2, 0.25) is 0 Å². The molecule has 0 unspecified atom stereocenters. The lowest BCUT2D eigenvalue weighted by molar-refractivity contribution is 0.687. The Hall–Kier alpha value is 0.830. The van der Waals surface area contributed by atoms with Gasteiger partial charge in [0.05, 0.1) is 0 Å². The van der Waals surface area contributed by atoms with Crippen molar-refractivity contribution >= 4 is 34.8 Å². The minimum absolute atomic E-state index is 0.610. The first-order chi connectivity index (χ1) is 4.06. The minimum atomic E-state index is -1.07. The first kappa shape index (κ1) is 9.83. The molecule has 4 heteroatoms. The van der Waals surface area contributed by atoms with Crippen molar-refractivity contribution in [3.05, 3.63) is 0 Å². The van der Waals surface area contributed by atoms with Crippen molar-refractivity contribution in [3.8, 4) is 0 Å². The molecule has 0 aromatic rings. The van der Waals surface area contributed by atoms with Gasteiger partial charge in [-0.25, -0.2) is 0 Å². The number of rotatable bonds is 3. The lowest BCUT2D eigenvalue weighted by Crippen LogP contribution is -2.11. The Balaban J connectivity index is 3.07. The van der Waals surface area contributed by atoms with E-state index in [1.807, 2.05) is 7.05 Å². The molecular weight excluding hydrogens is 180 g/mol. The molecule has 1 nitrogen and oxygen atoms in total. The summed E-state index contributed by atoms with van der Waals surface area (Å²) in [7, 11) is 1.87. The molecule has 56 valence electrons. The predicted octanol–water partition coefficient (Wildman–Crippen LogP) is 2.36. The average Bonchev–Trinajstić information content (AvgIpc) is 1.63. The van der Waals surface area contributed by atoms with Crippen LogP contribution in [0.1, 0.15) is 12.8 Å². The number of hydrogen-bond donors (Lipinski definition) is 1. The summed E-state index contributed by atoms with van der Waals surface area (Å²) in [5, 5.41) is 2.96. The highest BCUT2D eigenvalue weighted by molar-refractivity contribution is 6.67. The van der Waals surface area contributed by atoms with Crippen LogP contribution in [-0.2, 0) is 0 Å². The third-order valence-electron chi connectivity index (χ3n) is 0.887. The topological polar surface area (TPSA) is 12.0 Å². The van der Waals surface area contributed by atoms with Gasteiger partial charge in [-0.1, -0.05) is 34.8 Å². The zero-order valence-corrected chi connectivity index (χ0v) is 7.52. The van der Waals surface area contributed by atoms with Crippen LogP contribution < -0.4 is 5.32 Å². The van der Waals surface area contributed by atoms with Crippen molar-refractivity contribution in [2.45, 2.75) is 16.6 Å². The highest BCUT2D eigenvalue weighted by Gasteiger charge is 2.17. The maximum Gasteiger partial charge on any atom is 0.190 e. The van der Waals surface area contributed by atoms with Crippen LogP contribution in [0.3, 0.4) is 0 Å². The molecule has 0 saturated carbocycles. The van der Waals surface area contributed by atoms with Crippen LogP contribution in [-0.4, -0.2) is 17.4 Å². The lowest BCUT2D eigenvalue weighted by atomic mass is 10.3. The molecule has 0 aliphatic carbocycles. The fourth-order valence-corrected chi connectivity index (χ4v) is 0.867. The van der Waals surface area contributed by atoms with Gasteiger partial charge in [0.1, 0.15) is 0 Å². The number of nitrogens with one attached hydrogen (secondary N) is 1. The number of halogens is 3. The normalized spacial score (nSPS) is 12.0. The highest BCUT2D eigenvalue weighted by Crippen LogP contribution is 2.30. The van der Waals surface area contributed by atoms with Crippen molar-refractivity contribution in [1.29, 1.82) is 0 Å². The third-order valence-corrected chi connectivity index (χ3v) is 1.45. The van der Waals surface area contributed by atoms with Crippen molar-refractivity contribution < 1.29 is 0 Å². The van der Waals surface area contributed by atoms with Crippen molar-refractivity contribution in [3.63, 3.8) is 0 Å². The molecule has 0 fully saturated rings. The molecule has 0 aliphatic heterocycles. The quantitative estimate of drug-likeness (QED) is 0.532. The molecule has 0 aliphatic rings. The number of alkyl halides is 3. The van der Waals surface area contributed by atoms with Crippen LogP contribution >= 0.6 is 34.8 Å². The molecular formula is C5H10Cl3N. The van der Waals surface area contributed by atoms with E-state index in [0.717, 1.165) is 13.0 Å². The van der Waals surface area contributed by atoms with Gasteiger partial charge in [-0.15, -0.1) is 0 Å². The zero-order valence-electron chi connectivity index (χ0n) is 5.26. The van der Waals surface area contributed by atoms with Gasteiger partial charge in [0.2, 0.25) is 0 Å². The molecule has 0 aromatic carbocycles. The van der Waals surface area contributed by atoms with Crippen molar-refractivity contribution in [1.82, 2.24) is 5.32 Å². The van der Waals surface area contributed by atoms with E-state index in [1.54, 1.807) is 0 Å². The van der Waals surface area contributed by atoms with Gasteiger partial charge in [-0.2, -0.15) is 0 Å². The average molecular weight is 191 g/mol. The lowest BCUT2D eigenvalue weighted by Gasteiger charge is -2.08. The summed E-state index contributed by atoms with van der Waals surface area (Å²) in [5.41, 5.74) is 0. The Morgan fingerprint density at radius 3 is 2.22 bits per heavy atom. The molecule has 0 radical (unpaired) electrons. The molecule has 0 heterocycles. The fourth-order valence-electron chi connectivity index (χ4n) is 0.466. The fraction of sp³-hybridized carbons (Fsp3) is 1.00. The van der Waals surface area contributed by atoms with Crippen LogP contribution in [0.15, 0.2) is 0 Å². The standard InChI is InChI=1S/C5H10Cl3N/c1-9-4-2-3-5(6,7)8/h9H,2-4H2,1H3. The van der Waals surface area contributed by atoms with Gasteiger partial charge in [0.25, 0.3) is 0 Å². The van der Waals surface area contributed by atoms with Gasteiger partial charge in [-0.3, -0.25) is 0 Å². The molecule has 0 amide bonds. The zero-order chi connectivity index (χ0) is 7.33. The van der Waals surface area contributed by atoms with Crippen molar-refractivity contribution in [2.75, 3.05) is 13.6 Å². The molecule has 0 spiro atoms. The summed E-state index contributed by atoms with van der Waals surface area (Å²) in [6.07, 6.45) is 1.51. The minimum Gasteiger partial charge on any atom is -0.320 e. The number of hydrogen-bond acceptors (Lipinski definition) is 1. The van der Waals surface area contributed by atoms with E-state index in [-0.39, 0.29) is 0 Å². The van der Waals surface area contributed by atoms with Gasteiger partial charge < -0.3 is 5.32 Å². The molecule has 9 heavy (non-hydrogen) atoms. The molecule has 1 N–H and O–H groups in total. The van der Waals surface area contributed by atoms with E-state index in [9.17, 15) is 0 Å². The van der Waals surface area contributed by atoms with Crippen molar-refractivity contribution in [2.24, 2.45) is 0 Å². The second kappa shape index (κ2) is 4.62. The largest absolute Gasteiger partial charge is 0.320 e. The summed E-state index contributed by atoms with van der Waals surface area (Å²) in [6.45, 7) is 0.897. The van der Waals surface area contributed by atoms with Gasteiger partial charge in [0.15, 0.2) is 3.79 Å². The summed E-state index contributed by atoms with van der Waals surface area (Å²) < 4.78 is -1.07. The first-order valence-electron chi connectivity index (χ1n) is 2.77. The van der Waals surface area contributed by atoms with Crippen LogP contribution in [0.25, 0.3) is 0 Å². The monoisotopic (exact) mass is 189 g/mol. The van der Waals surface area contributed by atoms with E-state index in [4.69, 9.17) is 34.8 Å². The Bertz CT molecular complexity index is 69.1. The molecule has 0 rings (SSSR count). The maximum atomic E-state index is 5.47. The van der Waals surface area contributed by atoms with Gasteiger partial charge in [0, 0.05) is 0 Å². The van der Waals surface area contributed by atoms with E-state index in [0.29, 0.717) is 6.42 Å². The smallest absolute Gasteiger partial charge is 0.190 e. The van der Waals surface area contributed by atoms with Crippen LogP contribution in [0.5, 0.6) is 0 Å². The van der Waals surface area contributed by atoms with Crippen LogP contribution in [0, 0.1) is 0 Å². The molecule has 0 bridgehead atoms. The Kier molecular flexibility index (Phi) is 5.04. The van der Waals surface area contributed by atoms with E-state index >= 15 is 0 Å². The van der Waals surface area contributed by atoms with E-state index < -0.39 is 3.79 Å². The molecule has 0 saturated heterocycles. The van der Waals surface area contributed by atoms with E-state index in [1.165, 1.54) is 0 Å². The second-order valence-electron chi connectivity index (χ2n) is 1.82. The Morgan fingerprint density at radius 2 is 1.89 bits per heavy atom. The third kappa shape index (κ3) is 8.83. The summed E-state index contributed by atoms with van der Waals surface area (Å²) in [6, 6.07) is 0. The Labute approximate surface area is 70.7 Å². The molecule has 0 atom stereocenters. The summed E-state index contributed by atoms with van der Waals surface area (Å²) in [5.74, 6) is 0. The van der Waals surface area contributed by atoms with Gasteiger partial charge in [-0.05, 0) is 26.4 Å². The second-order valence-corrected chi connectivity index (χ2v) is 4.34. The predicted molar refractivity (Wildman–Crippen MR) is 43.5 cm³/mol. The SMILES string of the molecule is CNCCCC(Cl)(Cl)Cl.